The van der Waals surface area contributed by atoms with Crippen LogP contribution in [0.2, 0.25) is 0 Å². The zero-order chi connectivity index (χ0) is 14.9. The first-order chi connectivity index (χ1) is 10.8. The molecular weight excluding hydrogens is 279 g/mol. The molecule has 4 aromatic rings. The Labute approximate surface area is 125 Å². The van der Waals surface area contributed by atoms with Crippen LogP contribution in [0.5, 0.6) is 0 Å². The van der Waals surface area contributed by atoms with Gasteiger partial charge >= 0.3 is 0 Å². The smallest absolute Gasteiger partial charge is 0.154 e. The van der Waals surface area contributed by atoms with E-state index in [0.717, 1.165) is 28.2 Å². The van der Waals surface area contributed by atoms with Gasteiger partial charge in [0.25, 0.3) is 0 Å². The van der Waals surface area contributed by atoms with Crippen molar-refractivity contribution in [2.45, 2.75) is 0 Å². The SMILES string of the molecule is Fc1ccc(-c2cn3nc(-c4ccncc4)ccc3n2)cc1. The topological polar surface area (TPSA) is 43.1 Å². The van der Waals surface area contributed by atoms with E-state index in [2.05, 4.69) is 15.1 Å². The van der Waals surface area contributed by atoms with Gasteiger partial charge in [0.1, 0.15) is 5.82 Å². The number of benzene rings is 1. The van der Waals surface area contributed by atoms with Gasteiger partial charge in [-0.1, -0.05) is 0 Å². The Bertz CT molecular complexity index is 930. The van der Waals surface area contributed by atoms with Crippen LogP contribution >= 0.6 is 0 Å². The van der Waals surface area contributed by atoms with Gasteiger partial charge in [-0.15, -0.1) is 0 Å². The van der Waals surface area contributed by atoms with Crippen molar-refractivity contribution in [2.75, 3.05) is 0 Å². The van der Waals surface area contributed by atoms with E-state index in [1.165, 1.54) is 12.1 Å². The molecule has 1 aromatic carbocycles. The molecule has 106 valence electrons. The molecule has 0 bridgehead atoms. The van der Waals surface area contributed by atoms with Crippen LogP contribution in [-0.2, 0) is 0 Å². The lowest BCUT2D eigenvalue weighted by Crippen LogP contribution is -1.92. The summed E-state index contributed by atoms with van der Waals surface area (Å²) in [6.07, 6.45) is 5.31. The lowest BCUT2D eigenvalue weighted by atomic mass is 10.2. The molecule has 0 radical (unpaired) electrons. The molecular formula is C17H11FN4. The average Bonchev–Trinajstić information content (AvgIpc) is 2.99. The molecule has 0 aliphatic carbocycles. The highest BCUT2D eigenvalue weighted by Gasteiger charge is 2.07. The molecule has 0 N–H and O–H groups in total. The lowest BCUT2D eigenvalue weighted by Gasteiger charge is -2.00. The van der Waals surface area contributed by atoms with Crippen molar-refractivity contribution in [3.8, 4) is 22.5 Å². The molecule has 0 saturated heterocycles. The number of aromatic nitrogens is 4. The maximum atomic E-state index is 13.0. The van der Waals surface area contributed by atoms with Gasteiger partial charge in [-0.2, -0.15) is 5.10 Å². The third kappa shape index (κ3) is 2.22. The first kappa shape index (κ1) is 12.6. The molecule has 0 amide bonds. The van der Waals surface area contributed by atoms with Crippen molar-refractivity contribution in [1.29, 1.82) is 0 Å². The predicted octanol–water partition coefficient (Wildman–Crippen LogP) is 3.60. The molecule has 4 rings (SSSR count). The Morgan fingerprint density at radius 1 is 0.773 bits per heavy atom. The van der Waals surface area contributed by atoms with Crippen LogP contribution in [0.1, 0.15) is 0 Å². The summed E-state index contributed by atoms with van der Waals surface area (Å²) in [4.78, 5) is 8.52. The zero-order valence-corrected chi connectivity index (χ0v) is 11.5. The monoisotopic (exact) mass is 290 g/mol. The number of halogens is 1. The fourth-order valence-corrected chi connectivity index (χ4v) is 2.32. The molecule has 5 heteroatoms. The van der Waals surface area contributed by atoms with Crippen LogP contribution in [0.3, 0.4) is 0 Å². The molecule has 0 saturated carbocycles. The summed E-state index contributed by atoms with van der Waals surface area (Å²) >= 11 is 0. The molecule has 0 spiro atoms. The Morgan fingerprint density at radius 3 is 2.27 bits per heavy atom. The number of pyridine rings is 1. The number of fused-ring (bicyclic) bond motifs is 1. The van der Waals surface area contributed by atoms with Crippen LogP contribution in [0.25, 0.3) is 28.2 Å². The van der Waals surface area contributed by atoms with E-state index in [4.69, 9.17) is 0 Å². The number of hydrogen-bond acceptors (Lipinski definition) is 3. The molecule has 22 heavy (non-hydrogen) atoms. The van der Waals surface area contributed by atoms with Gasteiger partial charge in [-0.3, -0.25) is 4.98 Å². The second-order valence-corrected chi connectivity index (χ2v) is 4.89. The Morgan fingerprint density at radius 2 is 1.50 bits per heavy atom. The van der Waals surface area contributed by atoms with Crippen LogP contribution in [0, 0.1) is 5.82 Å². The maximum Gasteiger partial charge on any atom is 0.154 e. The van der Waals surface area contributed by atoms with Gasteiger partial charge < -0.3 is 0 Å². The summed E-state index contributed by atoms with van der Waals surface area (Å²) in [5, 5.41) is 4.56. The molecule has 4 nitrogen and oxygen atoms in total. The lowest BCUT2D eigenvalue weighted by molar-refractivity contribution is 0.628. The predicted molar refractivity (Wildman–Crippen MR) is 81.6 cm³/mol. The summed E-state index contributed by atoms with van der Waals surface area (Å²) in [5.74, 6) is -0.259. The van der Waals surface area contributed by atoms with E-state index in [1.807, 2.05) is 30.5 Å². The minimum absolute atomic E-state index is 0.259. The molecule has 0 unspecified atom stereocenters. The molecule has 0 aliphatic heterocycles. The summed E-state index contributed by atoms with van der Waals surface area (Å²) in [7, 11) is 0. The van der Waals surface area contributed by atoms with Crippen molar-refractivity contribution >= 4 is 5.65 Å². The van der Waals surface area contributed by atoms with Crippen molar-refractivity contribution in [1.82, 2.24) is 19.6 Å². The summed E-state index contributed by atoms with van der Waals surface area (Å²) in [6.45, 7) is 0. The van der Waals surface area contributed by atoms with Gasteiger partial charge in [0.2, 0.25) is 0 Å². The largest absolute Gasteiger partial charge is 0.265 e. The first-order valence-corrected chi connectivity index (χ1v) is 6.82. The van der Waals surface area contributed by atoms with Crippen LogP contribution < -0.4 is 0 Å². The summed E-state index contributed by atoms with van der Waals surface area (Å²) < 4.78 is 14.7. The minimum atomic E-state index is -0.259. The van der Waals surface area contributed by atoms with Gasteiger partial charge in [0.15, 0.2) is 5.65 Å². The highest BCUT2D eigenvalue weighted by molar-refractivity contribution is 5.64. The second-order valence-electron chi connectivity index (χ2n) is 4.89. The zero-order valence-electron chi connectivity index (χ0n) is 11.5. The Hall–Kier alpha value is -3.08. The number of imidazole rings is 1. The van der Waals surface area contributed by atoms with Crippen molar-refractivity contribution in [2.24, 2.45) is 0 Å². The van der Waals surface area contributed by atoms with E-state index in [1.54, 1.807) is 29.0 Å². The summed E-state index contributed by atoms with van der Waals surface area (Å²) in [6, 6.07) is 13.9. The van der Waals surface area contributed by atoms with Crippen LogP contribution in [0.15, 0.2) is 67.1 Å². The summed E-state index contributed by atoms with van der Waals surface area (Å²) in [5.41, 5.74) is 4.21. The normalized spacial score (nSPS) is 11.0. The first-order valence-electron chi connectivity index (χ1n) is 6.82. The van der Waals surface area contributed by atoms with Gasteiger partial charge in [0, 0.05) is 23.5 Å². The third-order valence-electron chi connectivity index (χ3n) is 3.44. The average molecular weight is 290 g/mol. The van der Waals surface area contributed by atoms with E-state index in [-0.39, 0.29) is 5.82 Å². The van der Waals surface area contributed by atoms with Crippen LogP contribution in [-0.4, -0.2) is 19.6 Å². The molecule has 3 aromatic heterocycles. The fraction of sp³-hybridized carbons (Fsp3) is 0. The number of nitrogens with zero attached hydrogens (tertiary/aromatic N) is 4. The second kappa shape index (κ2) is 5.04. The minimum Gasteiger partial charge on any atom is -0.265 e. The van der Waals surface area contributed by atoms with Gasteiger partial charge in [0.05, 0.1) is 17.6 Å². The van der Waals surface area contributed by atoms with Crippen molar-refractivity contribution in [3.63, 3.8) is 0 Å². The van der Waals surface area contributed by atoms with E-state index < -0.39 is 0 Å². The standard InChI is InChI=1S/C17H11FN4/c18-14-3-1-12(2-4-14)16-11-22-17(20-16)6-5-15(21-22)13-7-9-19-10-8-13/h1-11H. The van der Waals surface area contributed by atoms with E-state index in [0.29, 0.717) is 0 Å². The Kier molecular flexibility index (Phi) is 2.89. The quantitative estimate of drug-likeness (QED) is 0.566. The van der Waals surface area contributed by atoms with Gasteiger partial charge in [-0.05, 0) is 48.5 Å². The highest BCUT2D eigenvalue weighted by atomic mass is 19.1. The number of rotatable bonds is 2. The molecule has 3 heterocycles. The van der Waals surface area contributed by atoms with Crippen molar-refractivity contribution < 1.29 is 4.39 Å². The molecule has 0 aliphatic rings. The molecule has 0 fully saturated rings. The maximum absolute atomic E-state index is 13.0. The number of hydrogen-bond donors (Lipinski definition) is 0. The van der Waals surface area contributed by atoms with E-state index in [9.17, 15) is 4.39 Å². The van der Waals surface area contributed by atoms with Crippen molar-refractivity contribution in [3.05, 3.63) is 72.9 Å². The molecule has 0 atom stereocenters. The van der Waals surface area contributed by atoms with E-state index >= 15 is 0 Å². The van der Waals surface area contributed by atoms with Crippen LogP contribution in [0.4, 0.5) is 4.39 Å². The fourth-order valence-electron chi connectivity index (χ4n) is 2.32. The van der Waals surface area contributed by atoms with Gasteiger partial charge in [-0.25, -0.2) is 13.9 Å². The Balaban J connectivity index is 1.80. The highest BCUT2D eigenvalue weighted by Crippen LogP contribution is 2.21. The third-order valence-corrected chi connectivity index (χ3v) is 3.44.